The first-order valence-electron chi connectivity index (χ1n) is 9.02. The monoisotopic (exact) mass is 375 g/mol. The quantitative estimate of drug-likeness (QED) is 0.588. The summed E-state index contributed by atoms with van der Waals surface area (Å²) < 4.78 is 24.7. The van der Waals surface area contributed by atoms with Crippen molar-refractivity contribution in [2.45, 2.75) is 55.8 Å². The van der Waals surface area contributed by atoms with Crippen LogP contribution in [0.15, 0.2) is 23.8 Å². The zero-order valence-electron chi connectivity index (χ0n) is 14.6. The van der Waals surface area contributed by atoms with Gasteiger partial charge >= 0.3 is 0 Å². The molecule has 132 valence electrons. The molecule has 25 heavy (non-hydrogen) atoms. The minimum Gasteiger partial charge on any atom is -0.484 e. The van der Waals surface area contributed by atoms with E-state index in [1.54, 1.807) is 0 Å². The third-order valence-electron chi connectivity index (χ3n) is 7.25. The molecule has 5 atom stereocenters. The molecule has 5 rings (SSSR count). The summed E-state index contributed by atoms with van der Waals surface area (Å²) in [4.78, 5) is 2.47. The predicted octanol–water partition coefficient (Wildman–Crippen LogP) is 3.15. The van der Waals surface area contributed by atoms with Gasteiger partial charge in [-0.15, -0.1) is 0 Å². The van der Waals surface area contributed by atoms with Crippen molar-refractivity contribution in [2.75, 3.05) is 13.6 Å². The second-order valence-corrected chi connectivity index (χ2v) is 8.73. The highest BCUT2D eigenvalue weighted by Gasteiger charge is 2.72. The van der Waals surface area contributed by atoms with Gasteiger partial charge in [0.1, 0.15) is 17.5 Å². The lowest BCUT2D eigenvalue weighted by Gasteiger charge is -2.64. The molecule has 0 radical (unpaired) electrons. The minimum atomic E-state index is -0.265. The molecule has 1 aromatic carbocycles. The van der Waals surface area contributed by atoms with Crippen LogP contribution in [0, 0.1) is 0 Å². The molecule has 2 unspecified atom stereocenters. The smallest absolute Gasteiger partial charge is 0.196 e. The Bertz CT molecular complexity index is 810. The zero-order valence-corrected chi connectivity index (χ0v) is 16.7. The Morgan fingerprint density at radius 1 is 1.44 bits per heavy atom. The molecule has 2 aliphatic carbocycles. The second kappa shape index (κ2) is 5.36. The number of likely N-dealkylation sites (tertiary alicyclic amines) is 1. The van der Waals surface area contributed by atoms with Gasteiger partial charge in [-0.05, 0) is 63.4 Å². The Morgan fingerprint density at radius 2 is 2.28 bits per heavy atom. The molecule has 2 fully saturated rings. The fourth-order valence-electron chi connectivity index (χ4n) is 6.19. The Hall–Kier alpha value is -0.790. The Morgan fingerprint density at radius 3 is 3.00 bits per heavy atom. The van der Waals surface area contributed by atoms with Gasteiger partial charge in [-0.1, -0.05) is 12.1 Å². The number of rotatable bonds is 2. The highest BCUT2D eigenvalue weighted by Crippen LogP contribution is 2.66. The lowest BCUT2D eigenvalue weighted by atomic mass is 9.48. The minimum absolute atomic E-state index is 0.0000463. The van der Waals surface area contributed by atoms with Gasteiger partial charge in [-0.25, -0.2) is 0 Å². The van der Waals surface area contributed by atoms with Gasteiger partial charge in [0.15, 0.2) is 8.46 Å². The average Bonchev–Trinajstić information content (AvgIpc) is 2.99. The molecule has 1 saturated heterocycles. The van der Waals surface area contributed by atoms with Gasteiger partial charge in [-0.3, -0.25) is 4.57 Å². The number of hydrogen-bond donors (Lipinski definition) is 0. The number of nitrogens with zero attached hydrogens (tertiary/aromatic N) is 1. The van der Waals surface area contributed by atoms with Crippen LogP contribution < -0.4 is 10.0 Å². The number of allylic oxidation sites excluding steroid dienone is 1. The van der Waals surface area contributed by atoms with E-state index in [1.165, 1.54) is 16.7 Å². The van der Waals surface area contributed by atoms with Crippen molar-refractivity contribution in [3.8, 4) is 5.75 Å². The maximum atomic E-state index is 11.8. The summed E-state index contributed by atoms with van der Waals surface area (Å²) in [6.07, 6.45) is 6.19. The molecule has 1 spiro atoms. The van der Waals surface area contributed by atoms with Gasteiger partial charge in [-0.2, -0.15) is 0 Å². The summed E-state index contributed by atoms with van der Waals surface area (Å²) in [6.45, 7) is 3.14. The van der Waals surface area contributed by atoms with Crippen LogP contribution in [0.3, 0.4) is 0 Å². The number of benzene rings is 1. The van der Waals surface area contributed by atoms with Gasteiger partial charge in [0, 0.05) is 21.1 Å². The molecular formula is C19H23NO3P2. The normalized spacial score (nSPS) is 40.2. The molecule has 6 heteroatoms. The van der Waals surface area contributed by atoms with E-state index in [9.17, 15) is 4.57 Å². The summed E-state index contributed by atoms with van der Waals surface area (Å²) in [5.74, 6) is 0.856. The van der Waals surface area contributed by atoms with Crippen LogP contribution in [0.4, 0.5) is 0 Å². The van der Waals surface area contributed by atoms with Crippen molar-refractivity contribution < 1.29 is 13.8 Å². The van der Waals surface area contributed by atoms with E-state index >= 15 is 0 Å². The van der Waals surface area contributed by atoms with Gasteiger partial charge in [0.05, 0.1) is 10.7 Å². The standard InChI is InChI=1S/C19H23NO3P2/c1-3-11-6-7-19(23-24)14-10-12-4-5-13(25-21)16-15(12)18(19,17(11)22-16)8-9-20(14)2/h3-5,14,17H,6-10,24H2,1-2H3/b11-3+/t14-,17?,18+,19-/m1/s1. The van der Waals surface area contributed by atoms with Crippen molar-refractivity contribution in [1.82, 2.24) is 4.90 Å². The van der Waals surface area contributed by atoms with E-state index in [2.05, 4.69) is 40.5 Å². The van der Waals surface area contributed by atoms with Crippen LogP contribution in [0.1, 0.15) is 37.3 Å². The highest BCUT2D eigenvalue weighted by molar-refractivity contribution is 7.34. The lowest BCUT2D eigenvalue weighted by molar-refractivity contribution is -0.145. The first-order valence-corrected chi connectivity index (χ1v) is 10.3. The van der Waals surface area contributed by atoms with Crippen LogP contribution in [0.25, 0.3) is 0 Å². The maximum Gasteiger partial charge on any atom is 0.196 e. The van der Waals surface area contributed by atoms with Crippen LogP contribution in [0.2, 0.25) is 0 Å². The van der Waals surface area contributed by atoms with Gasteiger partial charge < -0.3 is 14.2 Å². The van der Waals surface area contributed by atoms with E-state index in [-0.39, 0.29) is 25.6 Å². The summed E-state index contributed by atoms with van der Waals surface area (Å²) in [7, 11) is 4.82. The SMILES string of the molecule is C/C=C1\CC[C@@]2(OP)[C@H]3Cc4ccc(P=O)c5c4[C@@]2(CCN3C)C1O5. The first kappa shape index (κ1) is 16.4. The maximum absolute atomic E-state index is 11.8. The molecule has 2 bridgehead atoms. The van der Waals surface area contributed by atoms with Crippen molar-refractivity contribution in [1.29, 1.82) is 0 Å². The molecule has 0 amide bonds. The highest BCUT2D eigenvalue weighted by atomic mass is 31.1. The van der Waals surface area contributed by atoms with Crippen LogP contribution in [0.5, 0.6) is 5.75 Å². The molecule has 0 N–H and O–H groups in total. The van der Waals surface area contributed by atoms with E-state index in [0.717, 1.165) is 43.3 Å². The van der Waals surface area contributed by atoms with Crippen LogP contribution >= 0.6 is 17.9 Å². The topological polar surface area (TPSA) is 38.8 Å². The molecule has 0 aromatic heterocycles. The second-order valence-electron chi connectivity index (χ2n) is 7.83. The molecule has 2 aliphatic heterocycles. The van der Waals surface area contributed by atoms with Crippen LogP contribution in [-0.4, -0.2) is 36.2 Å². The number of likely N-dealkylation sites (N-methyl/N-ethyl adjacent to an activating group) is 1. The van der Waals surface area contributed by atoms with Crippen molar-refractivity contribution in [2.24, 2.45) is 0 Å². The van der Waals surface area contributed by atoms with E-state index in [0.29, 0.717) is 6.04 Å². The molecule has 2 heterocycles. The van der Waals surface area contributed by atoms with Gasteiger partial charge in [0.25, 0.3) is 0 Å². The Labute approximate surface area is 152 Å². The number of piperidine rings is 1. The number of ether oxygens (including phenoxy) is 1. The first-order chi connectivity index (χ1) is 12.1. The number of hydrogen-bond acceptors (Lipinski definition) is 4. The summed E-state index contributed by atoms with van der Waals surface area (Å²) in [5.41, 5.74) is 3.55. The zero-order chi connectivity index (χ0) is 17.4. The molecular weight excluding hydrogens is 352 g/mol. The average molecular weight is 375 g/mol. The molecule has 1 saturated carbocycles. The third kappa shape index (κ3) is 1.71. The van der Waals surface area contributed by atoms with Crippen LogP contribution in [-0.2, 0) is 20.9 Å². The Kier molecular flexibility index (Phi) is 3.51. The Balaban J connectivity index is 1.87. The predicted molar refractivity (Wildman–Crippen MR) is 101 cm³/mol. The third-order valence-corrected chi connectivity index (χ3v) is 8.22. The summed E-state index contributed by atoms with van der Waals surface area (Å²) in [6, 6.07) is 4.48. The molecule has 4 nitrogen and oxygen atoms in total. The van der Waals surface area contributed by atoms with Crippen molar-refractivity contribution in [3.63, 3.8) is 0 Å². The van der Waals surface area contributed by atoms with E-state index in [1.807, 2.05) is 6.07 Å². The summed E-state index contributed by atoms with van der Waals surface area (Å²) in [5, 5.41) is 0.771. The van der Waals surface area contributed by atoms with Crippen molar-refractivity contribution in [3.05, 3.63) is 34.9 Å². The molecule has 4 aliphatic rings. The fraction of sp³-hybridized carbons (Fsp3) is 0.579. The van der Waals surface area contributed by atoms with Gasteiger partial charge in [0.2, 0.25) is 0 Å². The molecule has 1 aromatic rings. The summed E-state index contributed by atoms with van der Waals surface area (Å²) >= 11 is 0. The fourth-order valence-corrected chi connectivity index (χ4v) is 7.05. The lowest BCUT2D eigenvalue weighted by Crippen LogP contribution is -2.75. The van der Waals surface area contributed by atoms with Crippen molar-refractivity contribution >= 4 is 23.2 Å². The van der Waals surface area contributed by atoms with E-state index in [4.69, 9.17) is 9.26 Å². The van der Waals surface area contributed by atoms with E-state index < -0.39 is 0 Å². The largest absolute Gasteiger partial charge is 0.484 e.